The number of benzene rings is 1. The Morgan fingerprint density at radius 2 is 2.28 bits per heavy atom. The number of imidazole rings is 1. The third-order valence-electron chi connectivity index (χ3n) is 2.63. The quantitative estimate of drug-likeness (QED) is 0.905. The maximum Gasteiger partial charge on any atom is 0.335 e. The Morgan fingerprint density at radius 3 is 2.94 bits per heavy atom. The fourth-order valence-electron chi connectivity index (χ4n) is 1.80. The van der Waals surface area contributed by atoms with Gasteiger partial charge >= 0.3 is 5.97 Å². The number of aryl methyl sites for hydroxylation is 1. The zero-order valence-corrected chi connectivity index (χ0v) is 9.93. The molecule has 5 heteroatoms. The van der Waals surface area contributed by atoms with Crippen LogP contribution in [0.15, 0.2) is 30.6 Å². The number of carboxylic acids is 1. The van der Waals surface area contributed by atoms with Gasteiger partial charge in [-0.05, 0) is 24.6 Å². The van der Waals surface area contributed by atoms with Gasteiger partial charge in [-0.2, -0.15) is 0 Å². The fourth-order valence-corrected chi connectivity index (χ4v) is 1.80. The first-order chi connectivity index (χ1) is 8.63. The van der Waals surface area contributed by atoms with E-state index in [1.807, 2.05) is 11.5 Å². The van der Waals surface area contributed by atoms with E-state index in [0.29, 0.717) is 12.4 Å². The second-order valence-electron chi connectivity index (χ2n) is 3.94. The molecule has 0 aliphatic rings. The Hall–Kier alpha value is -2.17. The van der Waals surface area contributed by atoms with E-state index >= 15 is 0 Å². The van der Waals surface area contributed by atoms with E-state index in [1.54, 1.807) is 12.4 Å². The number of aromatic carboxylic acids is 1. The maximum absolute atomic E-state index is 13.8. The highest BCUT2D eigenvalue weighted by Crippen LogP contribution is 2.23. The van der Waals surface area contributed by atoms with Gasteiger partial charge in [0.2, 0.25) is 0 Å². The van der Waals surface area contributed by atoms with Crippen LogP contribution >= 0.6 is 0 Å². The van der Waals surface area contributed by atoms with E-state index in [-0.39, 0.29) is 11.1 Å². The van der Waals surface area contributed by atoms with Gasteiger partial charge in [0, 0.05) is 18.9 Å². The molecule has 1 N–H and O–H groups in total. The number of nitrogens with zero attached hydrogens (tertiary/aromatic N) is 2. The summed E-state index contributed by atoms with van der Waals surface area (Å²) in [5.74, 6) is -1.09. The molecule has 0 radical (unpaired) electrons. The molecular formula is C13H13FN2O2. The van der Waals surface area contributed by atoms with Gasteiger partial charge < -0.3 is 9.67 Å². The molecule has 4 nitrogen and oxygen atoms in total. The van der Waals surface area contributed by atoms with Crippen LogP contribution in [0, 0.1) is 5.82 Å². The lowest BCUT2D eigenvalue weighted by molar-refractivity contribution is 0.0697. The predicted octanol–water partition coefficient (Wildman–Crippen LogP) is 2.80. The van der Waals surface area contributed by atoms with Gasteiger partial charge in [0.05, 0.1) is 11.1 Å². The maximum atomic E-state index is 13.8. The van der Waals surface area contributed by atoms with Crippen LogP contribution in [0.1, 0.15) is 23.7 Å². The Balaban J connectivity index is 2.52. The molecule has 0 unspecified atom stereocenters. The van der Waals surface area contributed by atoms with Gasteiger partial charge in [0.15, 0.2) is 0 Å². The first-order valence-corrected chi connectivity index (χ1v) is 5.68. The van der Waals surface area contributed by atoms with Gasteiger partial charge in [0.25, 0.3) is 0 Å². The van der Waals surface area contributed by atoms with Crippen molar-refractivity contribution in [2.45, 2.75) is 19.9 Å². The van der Waals surface area contributed by atoms with Crippen LogP contribution in [-0.4, -0.2) is 20.6 Å². The van der Waals surface area contributed by atoms with Crippen molar-refractivity contribution in [3.8, 4) is 11.4 Å². The standard InChI is InChI=1S/C13H13FN2O2/c1-2-6-16-7-5-15-12(16)10-8-9(13(17)18)3-4-11(10)14/h3-5,7-8H,2,6H2,1H3,(H,17,18). The molecule has 0 saturated carbocycles. The number of hydrogen-bond donors (Lipinski definition) is 1. The summed E-state index contributed by atoms with van der Waals surface area (Å²) in [6.45, 7) is 2.72. The summed E-state index contributed by atoms with van der Waals surface area (Å²) in [5, 5.41) is 8.92. The first-order valence-electron chi connectivity index (χ1n) is 5.68. The molecule has 0 bridgehead atoms. The van der Waals surface area contributed by atoms with Crippen LogP contribution in [-0.2, 0) is 6.54 Å². The molecule has 0 saturated heterocycles. The van der Waals surface area contributed by atoms with E-state index in [4.69, 9.17) is 5.11 Å². The van der Waals surface area contributed by atoms with Crippen molar-refractivity contribution in [3.63, 3.8) is 0 Å². The van der Waals surface area contributed by atoms with Crippen LogP contribution in [0.4, 0.5) is 4.39 Å². The van der Waals surface area contributed by atoms with E-state index < -0.39 is 11.8 Å². The van der Waals surface area contributed by atoms with Crippen molar-refractivity contribution >= 4 is 5.97 Å². The van der Waals surface area contributed by atoms with Crippen LogP contribution in [0.25, 0.3) is 11.4 Å². The number of rotatable bonds is 4. The third kappa shape index (κ3) is 2.25. The van der Waals surface area contributed by atoms with Crippen molar-refractivity contribution in [2.75, 3.05) is 0 Å². The average Bonchev–Trinajstić information content (AvgIpc) is 2.78. The largest absolute Gasteiger partial charge is 0.478 e. The van der Waals surface area contributed by atoms with Crippen LogP contribution in [0.2, 0.25) is 0 Å². The van der Waals surface area contributed by atoms with Crippen molar-refractivity contribution < 1.29 is 14.3 Å². The van der Waals surface area contributed by atoms with E-state index in [1.165, 1.54) is 12.1 Å². The molecule has 0 fully saturated rings. The Kier molecular flexibility index (Phi) is 3.41. The highest BCUT2D eigenvalue weighted by molar-refractivity contribution is 5.89. The van der Waals surface area contributed by atoms with E-state index in [2.05, 4.69) is 4.98 Å². The molecule has 0 aliphatic heterocycles. The average molecular weight is 248 g/mol. The number of carboxylic acid groups (broad SMARTS) is 1. The molecule has 1 aromatic carbocycles. The van der Waals surface area contributed by atoms with Crippen LogP contribution in [0.3, 0.4) is 0 Å². The molecule has 2 rings (SSSR count). The highest BCUT2D eigenvalue weighted by Gasteiger charge is 2.14. The van der Waals surface area contributed by atoms with Crippen LogP contribution < -0.4 is 0 Å². The summed E-state index contributed by atoms with van der Waals surface area (Å²) in [5.41, 5.74) is 0.269. The summed E-state index contributed by atoms with van der Waals surface area (Å²) in [6.07, 6.45) is 4.23. The van der Waals surface area contributed by atoms with Gasteiger partial charge in [0.1, 0.15) is 11.6 Å². The second kappa shape index (κ2) is 5.00. The highest BCUT2D eigenvalue weighted by atomic mass is 19.1. The minimum Gasteiger partial charge on any atom is -0.478 e. The second-order valence-corrected chi connectivity index (χ2v) is 3.94. The normalized spacial score (nSPS) is 10.6. The zero-order chi connectivity index (χ0) is 13.1. The Morgan fingerprint density at radius 1 is 1.50 bits per heavy atom. The Labute approximate surface area is 104 Å². The number of carbonyl (C=O) groups is 1. The van der Waals surface area contributed by atoms with Crippen molar-refractivity contribution in [1.29, 1.82) is 0 Å². The lowest BCUT2D eigenvalue weighted by Crippen LogP contribution is -2.02. The Bertz CT molecular complexity index is 578. The van der Waals surface area contributed by atoms with Gasteiger partial charge in [-0.1, -0.05) is 6.92 Å². The van der Waals surface area contributed by atoms with Crippen molar-refractivity contribution in [3.05, 3.63) is 42.0 Å². The topological polar surface area (TPSA) is 55.1 Å². The molecule has 0 amide bonds. The first kappa shape index (κ1) is 12.3. The van der Waals surface area contributed by atoms with E-state index in [0.717, 1.165) is 12.5 Å². The number of hydrogen-bond acceptors (Lipinski definition) is 2. The van der Waals surface area contributed by atoms with Crippen LogP contribution in [0.5, 0.6) is 0 Å². The van der Waals surface area contributed by atoms with Crippen molar-refractivity contribution in [2.24, 2.45) is 0 Å². The third-order valence-corrected chi connectivity index (χ3v) is 2.63. The van der Waals surface area contributed by atoms with E-state index in [9.17, 15) is 9.18 Å². The summed E-state index contributed by atoms with van der Waals surface area (Å²) < 4.78 is 15.6. The smallest absolute Gasteiger partial charge is 0.335 e. The molecule has 0 aliphatic carbocycles. The molecule has 0 atom stereocenters. The predicted molar refractivity (Wildman–Crippen MR) is 64.9 cm³/mol. The SMILES string of the molecule is CCCn1ccnc1-c1cc(C(=O)O)ccc1F. The van der Waals surface area contributed by atoms with Gasteiger partial charge in [-0.25, -0.2) is 14.2 Å². The summed E-state index contributed by atoms with van der Waals surface area (Å²) in [6, 6.07) is 3.71. The summed E-state index contributed by atoms with van der Waals surface area (Å²) in [7, 11) is 0. The molecule has 0 spiro atoms. The lowest BCUT2D eigenvalue weighted by Gasteiger charge is -2.08. The molecule has 1 aromatic heterocycles. The zero-order valence-electron chi connectivity index (χ0n) is 9.93. The fraction of sp³-hybridized carbons (Fsp3) is 0.231. The molecule has 18 heavy (non-hydrogen) atoms. The minimum atomic E-state index is -1.08. The van der Waals surface area contributed by atoms with Crippen molar-refractivity contribution in [1.82, 2.24) is 9.55 Å². The monoisotopic (exact) mass is 248 g/mol. The molecule has 2 aromatic rings. The lowest BCUT2D eigenvalue weighted by atomic mass is 10.1. The molecular weight excluding hydrogens is 235 g/mol. The summed E-state index contributed by atoms with van der Waals surface area (Å²) >= 11 is 0. The molecule has 1 heterocycles. The van der Waals surface area contributed by atoms with Gasteiger partial charge in [-0.15, -0.1) is 0 Å². The molecule has 94 valence electrons. The summed E-state index contributed by atoms with van der Waals surface area (Å²) in [4.78, 5) is 15.0. The minimum absolute atomic E-state index is 0.0532. The number of halogens is 1. The number of aromatic nitrogens is 2. The van der Waals surface area contributed by atoms with Gasteiger partial charge in [-0.3, -0.25) is 0 Å².